The molecule has 1 N–H and O–H groups in total. The smallest absolute Gasteiger partial charge is 0.419 e. The normalized spacial score (nSPS) is 11.2. The highest BCUT2D eigenvalue weighted by Gasteiger charge is 2.35. The quantitative estimate of drug-likeness (QED) is 0.214. The maximum atomic E-state index is 12.8. The number of halogens is 8. The van der Waals surface area contributed by atoms with Crippen LogP contribution in [0.3, 0.4) is 0 Å². The Hall–Kier alpha value is -2.60. The second kappa shape index (κ2) is 11.4. The first-order valence-corrected chi connectivity index (χ1v) is 10.4. The predicted octanol–water partition coefficient (Wildman–Crippen LogP) is 9.02. The fourth-order valence-corrected chi connectivity index (χ4v) is 3.58. The molecule has 0 bridgehead atoms. The zero-order valence-corrected chi connectivity index (χ0v) is 19.6. The summed E-state index contributed by atoms with van der Waals surface area (Å²) in [7, 11) is 1.20. The number of benzene rings is 2. The van der Waals surface area contributed by atoms with E-state index >= 15 is 0 Å². The van der Waals surface area contributed by atoms with Crippen molar-refractivity contribution < 1.29 is 36.2 Å². The monoisotopic (exact) mass is 628 g/mol. The minimum atomic E-state index is -4.57. The average Bonchev–Trinajstić information content (AvgIpc) is 2.71. The van der Waals surface area contributed by atoms with Gasteiger partial charge in [-0.1, -0.05) is 14.9 Å². The van der Waals surface area contributed by atoms with Crippen LogP contribution < -0.4 is 4.74 Å². The van der Waals surface area contributed by atoms with Gasteiger partial charge in [0.2, 0.25) is 0 Å². The van der Waals surface area contributed by atoms with E-state index in [1.807, 2.05) is 0 Å². The van der Waals surface area contributed by atoms with Gasteiger partial charge in [-0.15, -0.1) is 0 Å². The average molecular weight is 630 g/mol. The fraction of sp³-hybridized carbons (Fsp3) is 0.217. The van der Waals surface area contributed by atoms with Gasteiger partial charge in [-0.2, -0.15) is 26.3 Å². The molecule has 0 aliphatic heterocycles. The topological polar surface area (TPSA) is 55.2 Å². The molecule has 0 aliphatic rings. The molecule has 12 heteroatoms. The van der Waals surface area contributed by atoms with E-state index in [-0.39, 0.29) is 20.6 Å². The van der Waals surface area contributed by atoms with Crippen molar-refractivity contribution >= 4 is 53.7 Å². The van der Waals surface area contributed by atoms with Gasteiger partial charge >= 0.3 is 12.4 Å². The molecular formula is C23H20Br2F6N2O2. The lowest BCUT2D eigenvalue weighted by molar-refractivity contribution is -0.139. The van der Waals surface area contributed by atoms with Crippen molar-refractivity contribution in [1.29, 1.82) is 0 Å². The van der Waals surface area contributed by atoms with Gasteiger partial charge in [0, 0.05) is 44.2 Å². The van der Waals surface area contributed by atoms with Crippen LogP contribution in [0.2, 0.25) is 0 Å². The van der Waals surface area contributed by atoms with Crippen LogP contribution in [0.5, 0.6) is 11.5 Å². The van der Waals surface area contributed by atoms with Crippen LogP contribution in [0.4, 0.5) is 26.3 Å². The lowest BCUT2D eigenvalue weighted by Gasteiger charge is -2.12. The Morgan fingerprint density at radius 1 is 0.714 bits per heavy atom. The van der Waals surface area contributed by atoms with Crippen molar-refractivity contribution in [2.75, 3.05) is 7.11 Å². The number of nitrogens with zero attached hydrogens (tertiary/aromatic N) is 2. The van der Waals surface area contributed by atoms with Crippen LogP contribution in [0, 0.1) is 0 Å². The Balaban J connectivity index is 0.000000332. The third-order valence-electron chi connectivity index (χ3n) is 4.35. The maximum Gasteiger partial charge on any atom is 0.419 e. The van der Waals surface area contributed by atoms with Gasteiger partial charge in [-0.05, 0) is 56.1 Å². The molecule has 2 aromatic heterocycles. The van der Waals surface area contributed by atoms with Gasteiger partial charge in [-0.25, -0.2) is 0 Å². The molecule has 35 heavy (non-hydrogen) atoms. The lowest BCUT2D eigenvalue weighted by atomic mass is 10.1. The van der Waals surface area contributed by atoms with Crippen molar-refractivity contribution in [2.45, 2.75) is 27.2 Å². The van der Waals surface area contributed by atoms with Gasteiger partial charge in [-0.3, -0.25) is 9.97 Å². The first kappa shape index (κ1) is 30.4. The van der Waals surface area contributed by atoms with Crippen molar-refractivity contribution in [2.24, 2.45) is 0 Å². The summed E-state index contributed by atoms with van der Waals surface area (Å²) in [6.07, 6.45) is -6.04. The van der Waals surface area contributed by atoms with Crippen LogP contribution in [0.15, 0.2) is 57.7 Å². The highest BCUT2D eigenvalue weighted by atomic mass is 79.9. The van der Waals surface area contributed by atoms with Crippen LogP contribution >= 0.6 is 31.9 Å². The summed E-state index contributed by atoms with van der Waals surface area (Å²) in [5.41, 5.74) is -1.08. The number of aromatic nitrogens is 2. The number of phenols is 1. The second-order valence-electron chi connectivity index (χ2n) is 6.61. The Morgan fingerprint density at radius 2 is 1.14 bits per heavy atom. The highest BCUT2D eigenvalue weighted by molar-refractivity contribution is 9.10. The number of phenolic OH excluding ortho intramolecular Hbond substituents is 1. The van der Waals surface area contributed by atoms with Crippen molar-refractivity contribution in [3.8, 4) is 11.5 Å². The zero-order valence-electron chi connectivity index (χ0n) is 16.4. The SMILES string of the molecule is C.C.COc1cc2ncc(Br)cc2cc1C(F)(F)F.Oc1cc2ncc(Br)cc2cc1C(F)(F)F. The molecule has 0 atom stereocenters. The zero-order chi connectivity index (χ0) is 24.6. The molecule has 2 heterocycles. The molecule has 0 amide bonds. The molecular weight excluding hydrogens is 610 g/mol. The lowest BCUT2D eigenvalue weighted by Crippen LogP contribution is -2.07. The Kier molecular flexibility index (Phi) is 9.93. The number of methoxy groups -OCH3 is 1. The summed E-state index contributed by atoms with van der Waals surface area (Å²) in [5, 5.41) is 9.97. The minimum absolute atomic E-state index is 0. The third kappa shape index (κ3) is 7.20. The van der Waals surface area contributed by atoms with Gasteiger partial charge in [0.1, 0.15) is 11.5 Å². The van der Waals surface area contributed by atoms with Crippen LogP contribution in [-0.2, 0) is 12.4 Å². The fourth-order valence-electron chi connectivity index (χ4n) is 2.89. The summed E-state index contributed by atoms with van der Waals surface area (Å²) in [6, 6.07) is 7.29. The van der Waals surface area contributed by atoms with Crippen LogP contribution in [-0.4, -0.2) is 22.2 Å². The molecule has 0 saturated heterocycles. The summed E-state index contributed by atoms with van der Waals surface area (Å²) >= 11 is 6.29. The molecule has 4 nitrogen and oxygen atoms in total. The van der Waals surface area contributed by atoms with E-state index < -0.39 is 29.2 Å². The number of rotatable bonds is 1. The third-order valence-corrected chi connectivity index (χ3v) is 5.21. The van der Waals surface area contributed by atoms with E-state index in [0.29, 0.717) is 30.8 Å². The van der Waals surface area contributed by atoms with Crippen molar-refractivity contribution in [1.82, 2.24) is 9.97 Å². The van der Waals surface area contributed by atoms with Gasteiger partial charge < -0.3 is 9.84 Å². The van der Waals surface area contributed by atoms with Crippen LogP contribution in [0.25, 0.3) is 21.8 Å². The number of alkyl halides is 6. The van der Waals surface area contributed by atoms with Gasteiger partial charge in [0.05, 0.1) is 29.3 Å². The number of pyridine rings is 2. The van der Waals surface area contributed by atoms with E-state index in [1.54, 1.807) is 6.07 Å². The Labute approximate surface area is 214 Å². The summed E-state index contributed by atoms with van der Waals surface area (Å²) in [6.45, 7) is 0. The predicted molar refractivity (Wildman–Crippen MR) is 131 cm³/mol. The number of fused-ring (bicyclic) bond motifs is 2. The number of ether oxygens (including phenoxy) is 1. The maximum absolute atomic E-state index is 12.8. The van der Waals surface area contributed by atoms with Gasteiger partial charge in [0.15, 0.2) is 0 Å². The van der Waals surface area contributed by atoms with Crippen molar-refractivity contribution in [3.05, 3.63) is 68.9 Å². The van der Waals surface area contributed by atoms with Crippen LogP contribution in [0.1, 0.15) is 26.0 Å². The second-order valence-corrected chi connectivity index (χ2v) is 8.44. The molecule has 0 saturated carbocycles. The summed E-state index contributed by atoms with van der Waals surface area (Å²) in [5.74, 6) is -1.03. The molecule has 4 rings (SSSR count). The summed E-state index contributed by atoms with van der Waals surface area (Å²) < 4.78 is 81.7. The van der Waals surface area contributed by atoms with E-state index in [0.717, 1.165) is 18.2 Å². The molecule has 0 fully saturated rings. The van der Waals surface area contributed by atoms with E-state index in [1.165, 1.54) is 31.6 Å². The number of aromatic hydroxyl groups is 1. The van der Waals surface area contributed by atoms with E-state index in [2.05, 4.69) is 41.8 Å². The minimum Gasteiger partial charge on any atom is -0.507 e. The first-order valence-electron chi connectivity index (χ1n) is 8.85. The molecule has 0 spiro atoms. The first-order chi connectivity index (χ1) is 15.3. The highest BCUT2D eigenvalue weighted by Crippen LogP contribution is 2.39. The molecule has 0 aliphatic carbocycles. The number of hydrogen-bond acceptors (Lipinski definition) is 4. The molecule has 190 valence electrons. The Morgan fingerprint density at radius 3 is 1.57 bits per heavy atom. The van der Waals surface area contributed by atoms with Crippen molar-refractivity contribution in [3.63, 3.8) is 0 Å². The summed E-state index contributed by atoms with van der Waals surface area (Å²) in [4.78, 5) is 7.91. The standard InChI is InChI=1S/C11H7BrF3NO.C10H5BrF3NO.2CH4/c1-17-10-4-9-6(2-7(12)5-16-9)3-8(10)11(13,14)15;11-6-1-5-2-7(10(12,13)14)9(16)3-8(5)15-4-6;;/h2-5H,1H3;1-4,16H;2*1H4. The van der Waals surface area contributed by atoms with E-state index in [9.17, 15) is 31.4 Å². The molecule has 0 unspecified atom stereocenters. The van der Waals surface area contributed by atoms with Gasteiger partial charge in [0.25, 0.3) is 0 Å². The molecule has 2 aromatic carbocycles. The Bertz CT molecular complexity index is 1330. The largest absolute Gasteiger partial charge is 0.507 e. The van der Waals surface area contributed by atoms with E-state index in [4.69, 9.17) is 4.74 Å². The molecule has 0 radical (unpaired) electrons. The molecule has 4 aromatic rings. The number of hydrogen-bond donors (Lipinski definition) is 1.